The average molecular weight is 562 g/mol. The molecule has 0 unspecified atom stereocenters. The van der Waals surface area contributed by atoms with Gasteiger partial charge in [-0.3, -0.25) is 14.9 Å². The number of rotatable bonds is 7. The molecule has 3 rings (SSSR count). The number of hydrogen-bond acceptors (Lipinski definition) is 4. The van der Waals surface area contributed by atoms with Crippen LogP contribution < -0.4 is 15.5 Å². The van der Waals surface area contributed by atoms with Crippen LogP contribution in [0.15, 0.2) is 53.7 Å². The van der Waals surface area contributed by atoms with Crippen molar-refractivity contribution < 1.29 is 13.2 Å². The van der Waals surface area contributed by atoms with Gasteiger partial charge in [-0.05, 0) is 43.3 Å². The zero-order valence-electron chi connectivity index (χ0n) is 18.1. The Balaban J connectivity index is 0.00000363. The molecule has 2 aromatic rings. The van der Waals surface area contributed by atoms with Crippen LogP contribution in [0.5, 0.6) is 0 Å². The first-order valence-electron chi connectivity index (χ1n) is 10.4. The van der Waals surface area contributed by atoms with Crippen molar-refractivity contribution in [2.24, 2.45) is 4.99 Å². The van der Waals surface area contributed by atoms with E-state index in [1.54, 1.807) is 19.3 Å². The van der Waals surface area contributed by atoms with Crippen LogP contribution in [0.25, 0.3) is 0 Å². The van der Waals surface area contributed by atoms with Crippen molar-refractivity contribution in [3.63, 3.8) is 0 Å². The van der Waals surface area contributed by atoms with Gasteiger partial charge >= 0.3 is 6.18 Å². The first kappa shape index (κ1) is 26.2. The maximum absolute atomic E-state index is 12.9. The lowest BCUT2D eigenvalue weighted by Crippen LogP contribution is -2.47. The molecule has 1 aromatic carbocycles. The van der Waals surface area contributed by atoms with E-state index in [0.717, 1.165) is 63.4 Å². The standard InChI is InChI=1S/C22H29F3N6.HI/c1-26-21(29-17-19-7-2-3-9-27-19)28-10-5-11-30-12-14-31(15-13-30)20-8-4-6-18(16-20)22(23,24)25;/h2-4,6-9,16H,5,10-15,17H2,1H3,(H2,26,28,29);1H. The molecule has 0 radical (unpaired) electrons. The van der Waals surface area contributed by atoms with Crippen molar-refractivity contribution >= 4 is 35.6 Å². The van der Waals surface area contributed by atoms with E-state index in [0.29, 0.717) is 12.2 Å². The van der Waals surface area contributed by atoms with Crippen LogP contribution in [0, 0.1) is 0 Å². The van der Waals surface area contributed by atoms with E-state index in [2.05, 4.69) is 25.5 Å². The number of halogens is 4. The Hall–Kier alpha value is -2.08. The summed E-state index contributed by atoms with van der Waals surface area (Å²) in [5, 5.41) is 6.54. The SMILES string of the molecule is CN=C(NCCCN1CCN(c2cccc(C(F)(F)F)c2)CC1)NCc1ccccn1.I. The summed E-state index contributed by atoms with van der Waals surface area (Å²) >= 11 is 0. The number of anilines is 1. The molecule has 1 fully saturated rings. The van der Waals surface area contributed by atoms with E-state index in [9.17, 15) is 13.2 Å². The molecule has 0 bridgehead atoms. The van der Waals surface area contributed by atoms with Crippen molar-refractivity contribution in [1.82, 2.24) is 20.5 Å². The summed E-state index contributed by atoms with van der Waals surface area (Å²) in [6, 6.07) is 11.4. The number of nitrogens with one attached hydrogen (secondary N) is 2. The van der Waals surface area contributed by atoms with Gasteiger partial charge in [0.2, 0.25) is 0 Å². The zero-order chi connectivity index (χ0) is 22.1. The second-order valence-corrected chi connectivity index (χ2v) is 7.40. The first-order chi connectivity index (χ1) is 15.0. The second-order valence-electron chi connectivity index (χ2n) is 7.40. The largest absolute Gasteiger partial charge is 0.416 e. The monoisotopic (exact) mass is 562 g/mol. The van der Waals surface area contributed by atoms with Crippen molar-refractivity contribution in [3.05, 3.63) is 59.9 Å². The fourth-order valence-corrected chi connectivity index (χ4v) is 3.52. The smallest absolute Gasteiger partial charge is 0.369 e. The van der Waals surface area contributed by atoms with E-state index < -0.39 is 11.7 Å². The summed E-state index contributed by atoms with van der Waals surface area (Å²) in [6.45, 7) is 5.45. The van der Waals surface area contributed by atoms with Crippen LogP contribution in [-0.2, 0) is 12.7 Å². The third kappa shape index (κ3) is 8.12. The topological polar surface area (TPSA) is 55.8 Å². The number of nitrogens with zero attached hydrogens (tertiary/aromatic N) is 4. The highest BCUT2D eigenvalue weighted by Crippen LogP contribution is 2.31. The van der Waals surface area contributed by atoms with Gasteiger partial charge in [0.1, 0.15) is 0 Å². The van der Waals surface area contributed by atoms with Crippen LogP contribution in [-0.4, -0.2) is 62.2 Å². The number of alkyl halides is 3. The molecule has 2 heterocycles. The maximum Gasteiger partial charge on any atom is 0.416 e. The van der Waals surface area contributed by atoms with Crippen LogP contribution in [0.3, 0.4) is 0 Å². The Bertz CT molecular complexity index is 839. The first-order valence-corrected chi connectivity index (χ1v) is 10.4. The highest BCUT2D eigenvalue weighted by molar-refractivity contribution is 14.0. The molecule has 176 valence electrons. The minimum Gasteiger partial charge on any atom is -0.369 e. The summed E-state index contributed by atoms with van der Waals surface area (Å²) in [4.78, 5) is 12.9. The predicted molar refractivity (Wildman–Crippen MR) is 133 cm³/mol. The van der Waals surface area contributed by atoms with E-state index in [1.165, 1.54) is 12.1 Å². The van der Waals surface area contributed by atoms with Gasteiger partial charge in [0.15, 0.2) is 5.96 Å². The Morgan fingerprint density at radius 1 is 1.06 bits per heavy atom. The van der Waals surface area contributed by atoms with Crippen molar-refractivity contribution in [1.29, 1.82) is 0 Å². The van der Waals surface area contributed by atoms with E-state index >= 15 is 0 Å². The van der Waals surface area contributed by atoms with Gasteiger partial charge in [-0.15, -0.1) is 24.0 Å². The quantitative estimate of drug-likeness (QED) is 0.234. The lowest BCUT2D eigenvalue weighted by Gasteiger charge is -2.36. The molecule has 10 heteroatoms. The van der Waals surface area contributed by atoms with Crippen LogP contribution in [0.4, 0.5) is 18.9 Å². The normalized spacial score (nSPS) is 15.2. The molecule has 0 amide bonds. The Labute approximate surface area is 204 Å². The molecule has 32 heavy (non-hydrogen) atoms. The van der Waals surface area contributed by atoms with Crippen LogP contribution >= 0.6 is 24.0 Å². The Kier molecular flexibility index (Phi) is 10.5. The maximum atomic E-state index is 12.9. The highest BCUT2D eigenvalue weighted by atomic mass is 127. The summed E-state index contributed by atoms with van der Waals surface area (Å²) in [6.07, 6.45) is -1.59. The molecule has 6 nitrogen and oxygen atoms in total. The zero-order valence-corrected chi connectivity index (χ0v) is 20.4. The minimum absolute atomic E-state index is 0. The second kappa shape index (κ2) is 12.8. The summed E-state index contributed by atoms with van der Waals surface area (Å²) in [5.41, 5.74) is 0.992. The molecule has 2 N–H and O–H groups in total. The van der Waals surface area contributed by atoms with Gasteiger partial charge in [0.25, 0.3) is 0 Å². The molecule has 0 spiro atoms. The fraction of sp³-hybridized carbons (Fsp3) is 0.455. The number of aromatic nitrogens is 1. The third-order valence-electron chi connectivity index (χ3n) is 5.24. The van der Waals surface area contributed by atoms with E-state index in [-0.39, 0.29) is 24.0 Å². The molecule has 1 saturated heterocycles. The van der Waals surface area contributed by atoms with Crippen LogP contribution in [0.2, 0.25) is 0 Å². The van der Waals surface area contributed by atoms with Gasteiger partial charge in [0, 0.05) is 51.7 Å². The van der Waals surface area contributed by atoms with Crippen molar-refractivity contribution in [2.75, 3.05) is 51.2 Å². The van der Waals surface area contributed by atoms with Gasteiger partial charge < -0.3 is 15.5 Å². The number of hydrogen-bond donors (Lipinski definition) is 2. The predicted octanol–water partition coefficient (Wildman–Crippen LogP) is 3.60. The minimum atomic E-state index is -4.31. The number of benzene rings is 1. The molecule has 1 aliphatic rings. The van der Waals surface area contributed by atoms with Gasteiger partial charge in [-0.1, -0.05) is 12.1 Å². The number of aliphatic imine (C=N–C) groups is 1. The van der Waals surface area contributed by atoms with Gasteiger partial charge in [0.05, 0.1) is 17.8 Å². The van der Waals surface area contributed by atoms with E-state index in [4.69, 9.17) is 0 Å². The van der Waals surface area contributed by atoms with Crippen molar-refractivity contribution in [3.8, 4) is 0 Å². The average Bonchev–Trinajstić information content (AvgIpc) is 2.79. The molecule has 0 saturated carbocycles. The number of pyridine rings is 1. The Morgan fingerprint density at radius 3 is 2.50 bits per heavy atom. The fourth-order valence-electron chi connectivity index (χ4n) is 3.52. The summed E-state index contributed by atoms with van der Waals surface area (Å²) < 4.78 is 38.8. The molecule has 1 aromatic heterocycles. The molecule has 1 aliphatic heterocycles. The summed E-state index contributed by atoms with van der Waals surface area (Å²) in [7, 11) is 1.74. The van der Waals surface area contributed by atoms with E-state index in [1.807, 2.05) is 23.1 Å². The lowest BCUT2D eigenvalue weighted by atomic mass is 10.1. The van der Waals surface area contributed by atoms with Crippen LogP contribution in [0.1, 0.15) is 17.7 Å². The molecular weight excluding hydrogens is 532 g/mol. The van der Waals surface area contributed by atoms with Crippen molar-refractivity contribution in [2.45, 2.75) is 19.1 Å². The number of piperazine rings is 1. The molecular formula is C22H30F3IN6. The number of guanidine groups is 1. The van der Waals surface area contributed by atoms with Gasteiger partial charge in [-0.2, -0.15) is 13.2 Å². The van der Waals surface area contributed by atoms with Gasteiger partial charge in [-0.25, -0.2) is 0 Å². The summed E-state index contributed by atoms with van der Waals surface area (Å²) in [5.74, 6) is 0.736. The Morgan fingerprint density at radius 2 is 1.84 bits per heavy atom. The molecule has 0 aliphatic carbocycles. The lowest BCUT2D eigenvalue weighted by molar-refractivity contribution is -0.137. The third-order valence-corrected chi connectivity index (χ3v) is 5.24. The highest BCUT2D eigenvalue weighted by Gasteiger charge is 2.31. The molecule has 0 atom stereocenters.